The number of hydrogen-bond acceptors (Lipinski definition) is 4. The molecule has 0 radical (unpaired) electrons. The number of aliphatic hydroxyl groups is 1. The van der Waals surface area contributed by atoms with E-state index in [-0.39, 0.29) is 0 Å². The Balaban J connectivity index is 6.14. The molecule has 0 saturated carbocycles. The number of carbonyl (C=O) groups is 1. The van der Waals surface area contributed by atoms with Crippen molar-refractivity contribution < 1.29 is 33.8 Å². The van der Waals surface area contributed by atoms with Crippen LogP contribution in [-0.2, 0) is 9.36 Å². The predicted molar refractivity (Wildman–Crippen MR) is 54.0 cm³/mol. The zero-order valence-electron chi connectivity index (χ0n) is 9.32. The Hall–Kier alpha value is -0.720. The van der Waals surface area contributed by atoms with Crippen molar-refractivity contribution in [1.82, 2.24) is 0 Å². The van der Waals surface area contributed by atoms with Crippen molar-refractivity contribution in [3.05, 3.63) is 12.7 Å². The second kappa shape index (κ2) is 4.27. The molecule has 2 unspecified atom stereocenters. The van der Waals surface area contributed by atoms with Crippen LogP contribution in [-0.4, -0.2) is 57.9 Å². The topological polar surface area (TPSA) is 118 Å². The molecule has 0 aliphatic carbocycles. The van der Waals surface area contributed by atoms with E-state index < -0.39 is 29.4 Å². The highest BCUT2D eigenvalue weighted by Crippen LogP contribution is 2.55. The van der Waals surface area contributed by atoms with Gasteiger partial charge in [0.1, 0.15) is 12.1 Å². The van der Waals surface area contributed by atoms with Gasteiger partial charge in [-0.25, -0.2) is 0 Å². The van der Waals surface area contributed by atoms with Crippen LogP contribution in [0.1, 0.15) is 0 Å². The lowest BCUT2D eigenvalue weighted by Crippen LogP contribution is -2.70. The first kappa shape index (κ1) is 15.3. The molecule has 0 heterocycles. The Morgan fingerprint density at radius 1 is 1.50 bits per heavy atom. The van der Waals surface area contributed by atoms with Crippen molar-refractivity contribution in [2.75, 3.05) is 21.1 Å². The monoisotopic (exact) mass is 253 g/mol. The number of rotatable bonds is 5. The molecule has 0 aromatic rings. The minimum Gasteiger partial charge on any atom is -0.543 e. The highest BCUT2D eigenvalue weighted by atomic mass is 31.2. The van der Waals surface area contributed by atoms with Gasteiger partial charge in [-0.1, -0.05) is 6.08 Å². The fourth-order valence-corrected chi connectivity index (χ4v) is 3.11. The fraction of sp³-hybridized carbons (Fsp3) is 0.625. The zero-order chi connectivity index (χ0) is 13.4. The number of likely N-dealkylation sites (N-methyl/N-ethyl adjacent to an activating group) is 1. The minimum absolute atomic E-state index is 0.702. The average molecular weight is 253 g/mol. The van der Waals surface area contributed by atoms with Gasteiger partial charge in [0.25, 0.3) is 5.28 Å². The molecule has 8 heteroatoms. The lowest BCUT2D eigenvalue weighted by Gasteiger charge is -2.47. The molecular formula is C8H16NO6P. The number of nitrogens with zero attached hydrogens (tertiary/aromatic N) is 1. The fourth-order valence-electron chi connectivity index (χ4n) is 1.64. The van der Waals surface area contributed by atoms with E-state index in [9.17, 15) is 29.4 Å². The van der Waals surface area contributed by atoms with Gasteiger partial charge in [-0.15, -0.1) is 6.58 Å². The molecule has 0 aliphatic heterocycles. The number of carboxylic acid groups (broad SMARTS) is 1. The normalized spacial score (nSPS) is 18.6. The van der Waals surface area contributed by atoms with E-state index >= 15 is 0 Å². The lowest BCUT2D eigenvalue weighted by molar-refractivity contribution is -0.905. The number of carbonyl (C=O) groups excluding carboxylic acids is 1. The summed E-state index contributed by atoms with van der Waals surface area (Å²) in [5.41, 5.74) is 0. The summed E-state index contributed by atoms with van der Waals surface area (Å²) >= 11 is 0. The van der Waals surface area contributed by atoms with Gasteiger partial charge in [-0.3, -0.25) is 4.57 Å². The lowest BCUT2D eigenvalue weighted by atomic mass is 10.1. The van der Waals surface area contributed by atoms with E-state index in [1.54, 1.807) is 0 Å². The van der Waals surface area contributed by atoms with Crippen LogP contribution in [0.5, 0.6) is 0 Å². The Labute approximate surface area is 93.4 Å². The van der Waals surface area contributed by atoms with Gasteiger partial charge in [0, 0.05) is 0 Å². The van der Waals surface area contributed by atoms with Crippen LogP contribution in [0.2, 0.25) is 0 Å². The third-order valence-electron chi connectivity index (χ3n) is 2.40. The van der Waals surface area contributed by atoms with Gasteiger partial charge >= 0.3 is 7.60 Å². The summed E-state index contributed by atoms with van der Waals surface area (Å²) in [6.07, 6.45) is -1.17. The summed E-state index contributed by atoms with van der Waals surface area (Å²) in [7, 11) is -1.46. The van der Waals surface area contributed by atoms with Crippen molar-refractivity contribution in [1.29, 1.82) is 0 Å². The Morgan fingerprint density at radius 3 is 1.94 bits per heavy atom. The summed E-state index contributed by atoms with van der Waals surface area (Å²) in [6, 6.07) is 0. The van der Waals surface area contributed by atoms with Crippen LogP contribution in [0.15, 0.2) is 12.7 Å². The number of carboxylic acids is 1. The molecular weight excluding hydrogens is 237 g/mol. The number of aliphatic hydroxyl groups excluding tert-OH is 1. The Bertz CT molecular complexity index is 343. The summed E-state index contributed by atoms with van der Waals surface area (Å²) in [6.45, 7) is 3.14. The highest BCUT2D eigenvalue weighted by molar-refractivity contribution is 7.54. The quantitative estimate of drug-likeness (QED) is 0.292. The van der Waals surface area contributed by atoms with Gasteiger partial charge in [-0.05, 0) is 0 Å². The maximum atomic E-state index is 11.4. The summed E-state index contributed by atoms with van der Waals surface area (Å²) in [5, 5.41) is 17.9. The van der Waals surface area contributed by atoms with Gasteiger partial charge in [0.2, 0.25) is 0 Å². The molecule has 0 saturated heterocycles. The molecule has 0 aromatic carbocycles. The SMILES string of the molecule is C=CC(O)C(C(=O)[O-])([N+](C)(C)C)P(=O)(O)O. The second-order valence-corrected chi connectivity index (χ2v) is 6.02. The second-order valence-electron chi connectivity index (χ2n) is 4.25. The molecule has 7 nitrogen and oxygen atoms in total. The van der Waals surface area contributed by atoms with Gasteiger partial charge in [-0.2, -0.15) is 0 Å². The summed E-state index contributed by atoms with van der Waals surface area (Å²) in [5.74, 6) is -2.03. The van der Waals surface area contributed by atoms with Crippen LogP contribution in [0, 0.1) is 0 Å². The Morgan fingerprint density at radius 2 is 1.88 bits per heavy atom. The molecule has 94 valence electrons. The van der Waals surface area contributed by atoms with E-state index in [4.69, 9.17) is 0 Å². The molecule has 0 aromatic heterocycles. The van der Waals surface area contributed by atoms with Crippen molar-refractivity contribution in [2.45, 2.75) is 11.4 Å². The molecule has 0 aliphatic rings. The molecule has 3 N–H and O–H groups in total. The summed E-state index contributed by atoms with van der Waals surface area (Å²) < 4.78 is 10.7. The Kier molecular flexibility index (Phi) is 4.08. The van der Waals surface area contributed by atoms with Gasteiger partial charge < -0.3 is 29.3 Å². The van der Waals surface area contributed by atoms with Crippen LogP contribution in [0.3, 0.4) is 0 Å². The van der Waals surface area contributed by atoms with E-state index in [0.29, 0.717) is 0 Å². The highest BCUT2D eigenvalue weighted by Gasteiger charge is 2.63. The summed E-state index contributed by atoms with van der Waals surface area (Å²) in [4.78, 5) is 29.5. The number of aliphatic carboxylic acids is 1. The smallest absolute Gasteiger partial charge is 0.394 e. The van der Waals surface area contributed by atoms with E-state index in [2.05, 4.69) is 6.58 Å². The van der Waals surface area contributed by atoms with Crippen molar-refractivity contribution >= 4 is 13.6 Å². The first-order valence-corrected chi connectivity index (χ1v) is 5.93. The first-order chi connectivity index (χ1) is 6.92. The third kappa shape index (κ3) is 2.05. The minimum atomic E-state index is -5.17. The number of hydrogen-bond donors (Lipinski definition) is 3. The van der Waals surface area contributed by atoms with Gasteiger partial charge in [0.05, 0.1) is 21.1 Å². The molecule has 0 amide bonds. The molecule has 0 fully saturated rings. The zero-order valence-corrected chi connectivity index (χ0v) is 10.2. The maximum Gasteiger partial charge on any atom is 0.394 e. The van der Waals surface area contributed by atoms with Crippen LogP contribution >= 0.6 is 7.60 Å². The van der Waals surface area contributed by atoms with Crippen LogP contribution < -0.4 is 5.11 Å². The predicted octanol–water partition coefficient (Wildman–Crippen LogP) is -2.14. The van der Waals surface area contributed by atoms with E-state index in [1.807, 2.05) is 0 Å². The molecule has 0 rings (SSSR count). The largest absolute Gasteiger partial charge is 0.543 e. The van der Waals surface area contributed by atoms with Crippen molar-refractivity contribution in [2.24, 2.45) is 0 Å². The average Bonchev–Trinajstić information content (AvgIpc) is 1.98. The number of quaternary nitrogens is 1. The van der Waals surface area contributed by atoms with E-state index in [0.717, 1.165) is 6.08 Å². The molecule has 0 spiro atoms. The molecule has 0 bridgehead atoms. The van der Waals surface area contributed by atoms with Crippen molar-refractivity contribution in [3.8, 4) is 0 Å². The van der Waals surface area contributed by atoms with Crippen molar-refractivity contribution in [3.63, 3.8) is 0 Å². The maximum absolute atomic E-state index is 11.4. The van der Waals surface area contributed by atoms with Gasteiger partial charge in [0.15, 0.2) is 0 Å². The molecule has 2 atom stereocenters. The first-order valence-electron chi connectivity index (χ1n) is 4.32. The molecule has 16 heavy (non-hydrogen) atoms. The van der Waals surface area contributed by atoms with E-state index in [1.165, 1.54) is 21.1 Å². The van der Waals surface area contributed by atoms with Crippen LogP contribution in [0.25, 0.3) is 0 Å². The standard InChI is InChI=1S/C8H16NO6P/c1-5-6(10)8(7(11)12,9(2,3)4)16(13,14)15/h5-6,10H,1H2,2-4H3,(H2-,11,12,13,14,15). The third-order valence-corrected chi connectivity index (χ3v) is 4.34. The van der Waals surface area contributed by atoms with Crippen LogP contribution in [0.4, 0.5) is 0 Å².